The highest BCUT2D eigenvalue weighted by atomic mass is 16.5. The van der Waals surface area contributed by atoms with Crippen LogP contribution in [0.1, 0.15) is 18.1 Å². The Kier molecular flexibility index (Phi) is 7.41. The lowest BCUT2D eigenvalue weighted by atomic mass is 10.1. The third kappa shape index (κ3) is 6.13. The number of aromatic nitrogens is 2. The van der Waals surface area contributed by atoms with Gasteiger partial charge in [-0.05, 0) is 6.92 Å². The zero-order valence-electron chi connectivity index (χ0n) is 20.7. The standard InChI is InChI=1S/C28H29N5O4/c1-20-18-23(31-37-20)29-24(34)19-32-14-16-33(17-15-32)26(35)13-12-25-30-27(21-8-4-2-5-9-21)28(36-25)22-10-6-3-7-11-22/h2-11,18H,12-17,19H2,1H3,(H,29,31,34). The maximum Gasteiger partial charge on any atom is 0.239 e. The van der Waals surface area contributed by atoms with Crippen molar-refractivity contribution in [2.45, 2.75) is 19.8 Å². The van der Waals surface area contributed by atoms with Gasteiger partial charge in [-0.25, -0.2) is 4.98 Å². The van der Waals surface area contributed by atoms with Gasteiger partial charge in [0, 0.05) is 56.2 Å². The molecule has 2 aromatic heterocycles. The van der Waals surface area contributed by atoms with Gasteiger partial charge in [-0.2, -0.15) is 0 Å². The molecule has 0 spiro atoms. The minimum Gasteiger partial charge on any atom is -0.440 e. The normalized spacial score (nSPS) is 14.0. The lowest BCUT2D eigenvalue weighted by Gasteiger charge is -2.34. The highest BCUT2D eigenvalue weighted by molar-refractivity contribution is 5.91. The summed E-state index contributed by atoms with van der Waals surface area (Å²) in [5.41, 5.74) is 2.70. The Bertz CT molecular complexity index is 1280. The fourth-order valence-electron chi connectivity index (χ4n) is 4.39. The highest BCUT2D eigenvalue weighted by Crippen LogP contribution is 2.32. The predicted molar refractivity (Wildman–Crippen MR) is 139 cm³/mol. The van der Waals surface area contributed by atoms with E-state index in [1.54, 1.807) is 13.0 Å². The second-order valence-corrected chi connectivity index (χ2v) is 9.05. The first kappa shape index (κ1) is 24.5. The van der Waals surface area contributed by atoms with Crippen LogP contribution in [0.5, 0.6) is 0 Å². The molecular formula is C28H29N5O4. The molecular weight excluding hydrogens is 470 g/mol. The number of benzene rings is 2. The van der Waals surface area contributed by atoms with Crippen molar-refractivity contribution in [3.8, 4) is 22.6 Å². The molecule has 0 saturated carbocycles. The Morgan fingerprint density at radius 1 is 0.946 bits per heavy atom. The number of oxazole rings is 1. The fourth-order valence-corrected chi connectivity index (χ4v) is 4.39. The molecule has 4 aromatic rings. The first-order valence-corrected chi connectivity index (χ1v) is 12.4. The molecule has 1 fully saturated rings. The Labute approximate surface area is 215 Å². The number of amides is 2. The summed E-state index contributed by atoms with van der Waals surface area (Å²) in [7, 11) is 0. The summed E-state index contributed by atoms with van der Waals surface area (Å²) in [5.74, 6) is 2.21. The summed E-state index contributed by atoms with van der Waals surface area (Å²) >= 11 is 0. The van der Waals surface area contributed by atoms with Gasteiger partial charge in [0.05, 0.1) is 6.54 Å². The number of hydrogen-bond acceptors (Lipinski definition) is 7. The van der Waals surface area contributed by atoms with Crippen molar-refractivity contribution in [2.75, 3.05) is 38.0 Å². The van der Waals surface area contributed by atoms with E-state index >= 15 is 0 Å². The average Bonchev–Trinajstić information content (AvgIpc) is 3.54. The van der Waals surface area contributed by atoms with Crippen LogP contribution in [-0.2, 0) is 16.0 Å². The Morgan fingerprint density at radius 3 is 2.27 bits per heavy atom. The summed E-state index contributed by atoms with van der Waals surface area (Å²) < 4.78 is 11.1. The zero-order chi connectivity index (χ0) is 25.6. The molecule has 0 aliphatic carbocycles. The molecule has 2 amide bonds. The van der Waals surface area contributed by atoms with Crippen LogP contribution in [0.4, 0.5) is 5.82 Å². The molecule has 0 unspecified atom stereocenters. The largest absolute Gasteiger partial charge is 0.440 e. The van der Waals surface area contributed by atoms with Crippen LogP contribution in [0, 0.1) is 6.92 Å². The van der Waals surface area contributed by atoms with E-state index in [-0.39, 0.29) is 18.4 Å². The number of piperazine rings is 1. The fraction of sp³-hybridized carbons (Fsp3) is 0.286. The van der Waals surface area contributed by atoms with Crippen molar-refractivity contribution in [1.82, 2.24) is 19.9 Å². The van der Waals surface area contributed by atoms with Crippen LogP contribution in [0.25, 0.3) is 22.6 Å². The van der Waals surface area contributed by atoms with E-state index < -0.39 is 0 Å². The van der Waals surface area contributed by atoms with E-state index in [0.29, 0.717) is 62.2 Å². The Balaban J connectivity index is 1.15. The van der Waals surface area contributed by atoms with Gasteiger partial charge >= 0.3 is 0 Å². The van der Waals surface area contributed by atoms with Crippen LogP contribution < -0.4 is 5.32 Å². The summed E-state index contributed by atoms with van der Waals surface area (Å²) in [4.78, 5) is 33.8. The SMILES string of the molecule is Cc1cc(NC(=O)CN2CCN(C(=O)CCc3nc(-c4ccccc4)c(-c4ccccc4)o3)CC2)no1. The monoisotopic (exact) mass is 499 g/mol. The summed E-state index contributed by atoms with van der Waals surface area (Å²) in [6.07, 6.45) is 0.736. The first-order chi connectivity index (χ1) is 18.0. The molecule has 1 N–H and O–H groups in total. The molecule has 0 radical (unpaired) electrons. The van der Waals surface area contributed by atoms with Crippen LogP contribution in [0.15, 0.2) is 75.7 Å². The summed E-state index contributed by atoms with van der Waals surface area (Å²) in [5, 5.41) is 6.51. The van der Waals surface area contributed by atoms with Gasteiger partial charge in [0.25, 0.3) is 0 Å². The van der Waals surface area contributed by atoms with Crippen LogP contribution in [0.3, 0.4) is 0 Å². The maximum atomic E-state index is 12.9. The van der Waals surface area contributed by atoms with Crippen LogP contribution >= 0.6 is 0 Å². The second-order valence-electron chi connectivity index (χ2n) is 9.05. The summed E-state index contributed by atoms with van der Waals surface area (Å²) in [6, 6.07) is 21.5. The van der Waals surface area contributed by atoms with Gasteiger partial charge in [0.2, 0.25) is 11.8 Å². The smallest absolute Gasteiger partial charge is 0.239 e. The number of nitrogens with zero attached hydrogens (tertiary/aromatic N) is 4. The third-order valence-corrected chi connectivity index (χ3v) is 6.30. The molecule has 5 rings (SSSR count). The number of carbonyl (C=O) groups excluding carboxylic acids is 2. The third-order valence-electron chi connectivity index (χ3n) is 6.30. The predicted octanol–water partition coefficient (Wildman–Crippen LogP) is 4.02. The topological polar surface area (TPSA) is 105 Å². The number of nitrogens with one attached hydrogen (secondary N) is 1. The van der Waals surface area contributed by atoms with Crippen molar-refractivity contribution < 1.29 is 18.5 Å². The summed E-state index contributed by atoms with van der Waals surface area (Å²) in [6.45, 7) is 4.43. The Hall–Kier alpha value is -4.24. The number of hydrogen-bond donors (Lipinski definition) is 1. The number of anilines is 1. The van der Waals surface area contributed by atoms with Crippen molar-refractivity contribution in [2.24, 2.45) is 0 Å². The molecule has 37 heavy (non-hydrogen) atoms. The van der Waals surface area contributed by atoms with Gasteiger partial charge in [-0.3, -0.25) is 14.5 Å². The Morgan fingerprint density at radius 2 is 1.62 bits per heavy atom. The van der Waals surface area contributed by atoms with E-state index in [0.717, 1.165) is 16.8 Å². The molecule has 2 aromatic carbocycles. The van der Waals surface area contributed by atoms with Crippen LogP contribution in [0.2, 0.25) is 0 Å². The molecule has 9 heteroatoms. The molecule has 1 saturated heterocycles. The van der Waals surface area contributed by atoms with Gasteiger partial charge in [0.1, 0.15) is 11.5 Å². The molecule has 1 aliphatic rings. The van der Waals surface area contributed by atoms with E-state index in [2.05, 4.69) is 10.5 Å². The minimum atomic E-state index is -0.152. The van der Waals surface area contributed by atoms with Crippen molar-refractivity contribution in [3.63, 3.8) is 0 Å². The molecule has 1 aliphatic heterocycles. The van der Waals surface area contributed by atoms with E-state index in [1.165, 1.54) is 0 Å². The van der Waals surface area contributed by atoms with Crippen molar-refractivity contribution in [3.05, 3.63) is 78.4 Å². The molecule has 190 valence electrons. The van der Waals surface area contributed by atoms with Gasteiger partial charge in [-0.1, -0.05) is 65.8 Å². The lowest BCUT2D eigenvalue weighted by molar-refractivity contribution is -0.133. The zero-order valence-corrected chi connectivity index (χ0v) is 20.7. The number of carbonyl (C=O) groups is 2. The first-order valence-electron chi connectivity index (χ1n) is 12.4. The molecule has 9 nitrogen and oxygen atoms in total. The average molecular weight is 500 g/mol. The molecule has 0 atom stereocenters. The van der Waals surface area contributed by atoms with Crippen molar-refractivity contribution in [1.29, 1.82) is 0 Å². The number of rotatable bonds is 8. The molecule has 3 heterocycles. The van der Waals surface area contributed by atoms with E-state index in [9.17, 15) is 9.59 Å². The maximum absolute atomic E-state index is 12.9. The second kappa shape index (κ2) is 11.2. The lowest BCUT2D eigenvalue weighted by Crippen LogP contribution is -2.50. The van der Waals surface area contributed by atoms with Crippen molar-refractivity contribution >= 4 is 17.6 Å². The minimum absolute atomic E-state index is 0.0582. The van der Waals surface area contributed by atoms with Gasteiger partial charge in [-0.15, -0.1) is 0 Å². The molecule has 0 bridgehead atoms. The van der Waals surface area contributed by atoms with Gasteiger partial charge < -0.3 is 19.2 Å². The number of aryl methyl sites for hydroxylation is 2. The van der Waals surface area contributed by atoms with E-state index in [4.69, 9.17) is 13.9 Å². The van der Waals surface area contributed by atoms with E-state index in [1.807, 2.05) is 70.5 Å². The van der Waals surface area contributed by atoms with Gasteiger partial charge in [0.15, 0.2) is 17.5 Å². The van der Waals surface area contributed by atoms with Crippen LogP contribution in [-0.4, -0.2) is 64.5 Å². The highest BCUT2D eigenvalue weighted by Gasteiger charge is 2.24. The quantitative estimate of drug-likeness (QED) is 0.390.